The van der Waals surface area contributed by atoms with Gasteiger partial charge in [0.2, 0.25) is 0 Å². The van der Waals surface area contributed by atoms with Crippen molar-refractivity contribution >= 4 is 60.1 Å². The van der Waals surface area contributed by atoms with Crippen LogP contribution in [0, 0.1) is 11.3 Å². The van der Waals surface area contributed by atoms with Crippen LogP contribution in [-0.4, -0.2) is 28.2 Å². The van der Waals surface area contributed by atoms with Gasteiger partial charge in [0.25, 0.3) is 0 Å². The summed E-state index contributed by atoms with van der Waals surface area (Å²) >= 11 is 9.37. The molecule has 1 heterocycles. The van der Waals surface area contributed by atoms with E-state index in [2.05, 4.69) is 20.7 Å². The fourth-order valence-electron chi connectivity index (χ4n) is 1.85. The number of sulfone groups is 1. The van der Waals surface area contributed by atoms with Crippen LogP contribution in [-0.2, 0) is 26.7 Å². The van der Waals surface area contributed by atoms with Gasteiger partial charge in [-0.05, 0) is 63.5 Å². The first kappa shape index (κ1) is 23.2. The molecule has 0 spiro atoms. The Kier molecular flexibility index (Phi) is 7.12. The van der Waals surface area contributed by atoms with Crippen molar-refractivity contribution in [3.63, 3.8) is 0 Å². The second-order valence-electron chi connectivity index (χ2n) is 7.42. The Morgan fingerprint density at radius 2 is 1.88 bits per heavy atom. The normalized spacial score (nSPS) is 17.0. The van der Waals surface area contributed by atoms with Crippen LogP contribution in [0.15, 0.2) is 9.85 Å². The summed E-state index contributed by atoms with van der Waals surface area (Å²) < 4.78 is 39.8. The summed E-state index contributed by atoms with van der Waals surface area (Å²) in [4.78, 5) is 0.552. The van der Waals surface area contributed by atoms with Gasteiger partial charge in [-0.1, -0.05) is 11.6 Å². The van der Waals surface area contributed by atoms with E-state index >= 15 is 0 Å². The molecule has 0 aliphatic carbocycles. The average Bonchev–Trinajstić information content (AvgIpc) is 2.76. The maximum absolute atomic E-state index is 12.8. The molecule has 25 heavy (non-hydrogen) atoms. The number of rotatable bonds is 6. The molecular formula is C15H22BrClN2O3S3. The minimum absolute atomic E-state index is 0.378. The molecule has 0 bridgehead atoms. The van der Waals surface area contributed by atoms with E-state index in [9.17, 15) is 18.2 Å². The first-order valence-electron chi connectivity index (χ1n) is 7.34. The molecule has 0 aromatic carbocycles. The van der Waals surface area contributed by atoms with Crippen LogP contribution in [0.3, 0.4) is 0 Å². The van der Waals surface area contributed by atoms with Gasteiger partial charge in [0.1, 0.15) is 10.3 Å². The molecule has 0 aliphatic rings. The quantitative estimate of drug-likeness (QED) is 0.606. The topological polar surface area (TPSA) is 93.0 Å². The third-order valence-corrected chi connectivity index (χ3v) is 10.2. The minimum Gasteiger partial charge on any atom is -0.598 e. The van der Waals surface area contributed by atoms with Gasteiger partial charge in [-0.2, -0.15) is 5.26 Å². The Labute approximate surface area is 170 Å². The Hall–Kier alpha value is 0.180. The predicted octanol–water partition coefficient (Wildman–Crippen LogP) is 4.15. The van der Waals surface area contributed by atoms with E-state index < -0.39 is 42.0 Å². The SMILES string of the molecule is CC(C)(C)[S+]([O-])N[C@@](C)(CS(=O)(=O)C(C)(C)C#N)c1sc(Br)cc1Cl. The Morgan fingerprint density at radius 1 is 1.36 bits per heavy atom. The molecule has 0 aliphatic heterocycles. The van der Waals surface area contributed by atoms with E-state index in [4.69, 9.17) is 11.6 Å². The van der Waals surface area contributed by atoms with Crippen LogP contribution in [0.5, 0.6) is 0 Å². The average molecular weight is 490 g/mol. The molecule has 0 amide bonds. The standard InChI is InChI=1S/C15H22BrClN2O3S3/c1-13(2,3)24(20)19-15(6,12-10(17)7-11(16)23-12)9-25(21,22)14(4,5)8-18/h7,19H,9H2,1-6H3/t15-,24?/m0/s1. The monoisotopic (exact) mass is 488 g/mol. The van der Waals surface area contributed by atoms with Gasteiger partial charge in [0, 0.05) is 16.2 Å². The largest absolute Gasteiger partial charge is 0.598 e. The first-order chi connectivity index (χ1) is 11.1. The van der Waals surface area contributed by atoms with Crippen molar-refractivity contribution in [2.45, 2.75) is 56.6 Å². The van der Waals surface area contributed by atoms with Gasteiger partial charge in [-0.3, -0.25) is 0 Å². The van der Waals surface area contributed by atoms with E-state index in [0.29, 0.717) is 9.90 Å². The fourth-order valence-corrected chi connectivity index (χ4v) is 6.68. The summed E-state index contributed by atoms with van der Waals surface area (Å²) in [5, 5.41) is 9.60. The van der Waals surface area contributed by atoms with Crippen LogP contribution in [0.2, 0.25) is 5.02 Å². The lowest BCUT2D eigenvalue weighted by molar-refractivity contribution is 0.455. The lowest BCUT2D eigenvalue weighted by Gasteiger charge is -2.35. The molecule has 1 N–H and O–H groups in total. The van der Waals surface area contributed by atoms with E-state index in [-0.39, 0.29) is 0 Å². The van der Waals surface area contributed by atoms with Gasteiger partial charge >= 0.3 is 0 Å². The molecule has 142 valence electrons. The zero-order valence-electron chi connectivity index (χ0n) is 14.9. The number of nitrogens with one attached hydrogen (secondary N) is 1. The number of halogens is 2. The summed E-state index contributed by atoms with van der Waals surface area (Å²) in [6, 6.07) is 3.50. The maximum Gasteiger partial charge on any atom is 0.171 e. The lowest BCUT2D eigenvalue weighted by Crippen LogP contribution is -2.54. The molecule has 0 radical (unpaired) electrons. The molecule has 0 saturated carbocycles. The van der Waals surface area contributed by atoms with Gasteiger partial charge in [-0.15, -0.1) is 16.1 Å². The second kappa shape index (κ2) is 7.66. The second-order valence-corrected chi connectivity index (χ2v) is 14.8. The molecule has 0 saturated heterocycles. The molecule has 1 aromatic rings. The third kappa shape index (κ3) is 5.34. The number of nitriles is 1. The fraction of sp³-hybridized carbons (Fsp3) is 0.667. The van der Waals surface area contributed by atoms with Crippen molar-refractivity contribution < 1.29 is 13.0 Å². The highest BCUT2D eigenvalue weighted by Gasteiger charge is 2.47. The van der Waals surface area contributed by atoms with Gasteiger partial charge in [0.15, 0.2) is 14.6 Å². The number of hydrogen-bond donors (Lipinski definition) is 1. The summed E-state index contributed by atoms with van der Waals surface area (Å²) in [5.41, 5.74) is -1.21. The summed E-state index contributed by atoms with van der Waals surface area (Å²) in [5.74, 6) is -0.408. The third-order valence-electron chi connectivity index (χ3n) is 3.56. The molecule has 1 rings (SSSR count). The van der Waals surface area contributed by atoms with Gasteiger partial charge < -0.3 is 4.55 Å². The van der Waals surface area contributed by atoms with Crippen LogP contribution < -0.4 is 4.72 Å². The van der Waals surface area contributed by atoms with Crippen LogP contribution in [0.25, 0.3) is 0 Å². The van der Waals surface area contributed by atoms with E-state index in [1.54, 1.807) is 33.8 Å². The molecule has 1 unspecified atom stereocenters. The van der Waals surface area contributed by atoms with Crippen LogP contribution in [0.1, 0.15) is 46.4 Å². The van der Waals surface area contributed by atoms with Crippen LogP contribution in [0.4, 0.5) is 0 Å². The van der Waals surface area contributed by atoms with E-state index in [1.165, 1.54) is 25.2 Å². The molecule has 1 aromatic heterocycles. The van der Waals surface area contributed by atoms with Crippen molar-refractivity contribution in [3.8, 4) is 6.07 Å². The smallest absolute Gasteiger partial charge is 0.171 e. The molecule has 2 atom stereocenters. The number of nitrogens with zero attached hydrogens (tertiary/aromatic N) is 1. The minimum atomic E-state index is -3.84. The predicted molar refractivity (Wildman–Crippen MR) is 109 cm³/mol. The summed E-state index contributed by atoms with van der Waals surface area (Å²) in [7, 11) is -3.84. The lowest BCUT2D eigenvalue weighted by atomic mass is 10.1. The number of hydrogen-bond acceptors (Lipinski definition) is 6. The summed E-state index contributed by atoms with van der Waals surface area (Å²) in [6.07, 6.45) is 0. The zero-order valence-corrected chi connectivity index (χ0v) is 19.7. The van der Waals surface area contributed by atoms with Crippen molar-refractivity contribution in [3.05, 3.63) is 19.8 Å². The van der Waals surface area contributed by atoms with Crippen molar-refractivity contribution in [1.82, 2.24) is 4.72 Å². The highest BCUT2D eigenvalue weighted by atomic mass is 79.9. The van der Waals surface area contributed by atoms with E-state index in [1.807, 2.05) is 6.07 Å². The first-order valence-corrected chi connectivity index (χ1v) is 12.1. The zero-order chi connectivity index (χ0) is 19.8. The Balaban J connectivity index is 3.45. The van der Waals surface area contributed by atoms with Crippen LogP contribution >= 0.6 is 38.9 Å². The van der Waals surface area contributed by atoms with Gasteiger partial charge in [0.05, 0.1) is 20.6 Å². The van der Waals surface area contributed by atoms with Crippen molar-refractivity contribution in [1.29, 1.82) is 5.26 Å². The molecule has 0 fully saturated rings. The summed E-state index contributed by atoms with van der Waals surface area (Å²) in [6.45, 7) is 9.72. The highest BCUT2D eigenvalue weighted by Crippen LogP contribution is 2.41. The van der Waals surface area contributed by atoms with E-state index in [0.717, 1.165) is 3.79 Å². The Bertz CT molecular complexity index is 781. The highest BCUT2D eigenvalue weighted by molar-refractivity contribution is 9.11. The van der Waals surface area contributed by atoms with Gasteiger partial charge in [-0.25, -0.2) is 8.42 Å². The number of thiophene rings is 1. The Morgan fingerprint density at radius 3 is 2.24 bits per heavy atom. The van der Waals surface area contributed by atoms with Crippen molar-refractivity contribution in [2.24, 2.45) is 0 Å². The molecule has 5 nitrogen and oxygen atoms in total. The maximum atomic E-state index is 12.8. The molecular weight excluding hydrogens is 468 g/mol. The van der Waals surface area contributed by atoms with Crippen molar-refractivity contribution in [2.75, 3.05) is 5.75 Å². The molecule has 10 heteroatoms.